The number of nitrogens with two attached hydrogens (primary N) is 1. The third kappa shape index (κ3) is 1.65. The number of hydrogen-bond acceptors (Lipinski definition) is 6. The molecule has 14 heavy (non-hydrogen) atoms. The van der Waals surface area contributed by atoms with Crippen LogP contribution < -0.4 is 10.6 Å². The van der Waals surface area contributed by atoms with Crippen molar-refractivity contribution in [3.05, 3.63) is 5.56 Å². The maximum Gasteiger partial charge on any atom is 0.157 e. The Morgan fingerprint density at radius 1 is 1.43 bits per heavy atom. The zero-order valence-corrected chi connectivity index (χ0v) is 9.20. The SMILES string of the molecule is N#Cc1c(N)nsc1N1CCSCC1. The Morgan fingerprint density at radius 2 is 2.14 bits per heavy atom. The predicted molar refractivity (Wildman–Crippen MR) is 60.8 cm³/mol. The fraction of sp³-hybridized carbons (Fsp3) is 0.500. The summed E-state index contributed by atoms with van der Waals surface area (Å²) in [5, 5.41) is 9.86. The first kappa shape index (κ1) is 9.62. The summed E-state index contributed by atoms with van der Waals surface area (Å²) in [6.07, 6.45) is 0. The largest absolute Gasteiger partial charge is 0.382 e. The van der Waals surface area contributed by atoms with Crippen molar-refractivity contribution in [3.63, 3.8) is 0 Å². The Kier molecular flexibility index (Phi) is 2.79. The number of rotatable bonds is 1. The van der Waals surface area contributed by atoms with Gasteiger partial charge in [-0.25, -0.2) is 0 Å². The molecule has 1 aromatic heterocycles. The van der Waals surface area contributed by atoms with Gasteiger partial charge in [0.25, 0.3) is 0 Å². The molecule has 2 rings (SSSR count). The van der Waals surface area contributed by atoms with Gasteiger partial charge in [-0.05, 0) is 11.5 Å². The molecule has 1 saturated heterocycles. The van der Waals surface area contributed by atoms with E-state index in [0.717, 1.165) is 29.6 Å². The molecular formula is C8H10N4S2. The monoisotopic (exact) mass is 226 g/mol. The van der Waals surface area contributed by atoms with Gasteiger partial charge < -0.3 is 10.6 Å². The smallest absolute Gasteiger partial charge is 0.157 e. The lowest BCUT2D eigenvalue weighted by Crippen LogP contribution is -2.32. The zero-order chi connectivity index (χ0) is 9.97. The van der Waals surface area contributed by atoms with Crippen molar-refractivity contribution in [2.75, 3.05) is 35.2 Å². The zero-order valence-electron chi connectivity index (χ0n) is 7.56. The van der Waals surface area contributed by atoms with Gasteiger partial charge >= 0.3 is 0 Å². The molecule has 0 atom stereocenters. The Hall–Kier alpha value is -0.930. The number of anilines is 2. The molecule has 0 aliphatic carbocycles. The summed E-state index contributed by atoms with van der Waals surface area (Å²) in [6.45, 7) is 1.97. The summed E-state index contributed by atoms with van der Waals surface area (Å²) < 4.78 is 4.01. The van der Waals surface area contributed by atoms with Gasteiger partial charge in [0.05, 0.1) is 0 Å². The molecule has 2 heterocycles. The Morgan fingerprint density at radius 3 is 2.79 bits per heavy atom. The highest BCUT2D eigenvalue weighted by molar-refractivity contribution is 7.99. The van der Waals surface area contributed by atoms with Crippen LogP contribution in [0.25, 0.3) is 0 Å². The van der Waals surface area contributed by atoms with Gasteiger partial charge in [-0.15, -0.1) is 0 Å². The Labute approximate surface area is 90.9 Å². The van der Waals surface area contributed by atoms with Crippen LogP contribution >= 0.6 is 23.3 Å². The van der Waals surface area contributed by atoms with Gasteiger partial charge in [0.1, 0.15) is 16.6 Å². The number of nitrogens with zero attached hydrogens (tertiary/aromatic N) is 3. The normalized spacial score (nSPS) is 16.6. The van der Waals surface area contributed by atoms with E-state index in [-0.39, 0.29) is 0 Å². The minimum Gasteiger partial charge on any atom is -0.382 e. The van der Waals surface area contributed by atoms with E-state index in [1.807, 2.05) is 11.8 Å². The molecule has 0 radical (unpaired) electrons. The fourth-order valence-electron chi connectivity index (χ4n) is 1.38. The summed E-state index contributed by atoms with van der Waals surface area (Å²) in [6, 6.07) is 2.12. The van der Waals surface area contributed by atoms with Crippen LogP contribution in [0.4, 0.5) is 10.8 Å². The summed E-state index contributed by atoms with van der Waals surface area (Å²) >= 11 is 3.27. The molecule has 0 bridgehead atoms. The van der Waals surface area contributed by atoms with E-state index >= 15 is 0 Å². The van der Waals surface area contributed by atoms with Crippen LogP contribution in [0.2, 0.25) is 0 Å². The van der Waals surface area contributed by atoms with Gasteiger partial charge in [-0.2, -0.15) is 21.4 Å². The molecule has 1 aromatic rings. The lowest BCUT2D eigenvalue weighted by atomic mass is 10.3. The first-order valence-corrected chi connectivity index (χ1v) is 6.23. The quantitative estimate of drug-likeness (QED) is 0.778. The molecule has 0 amide bonds. The number of hydrogen-bond donors (Lipinski definition) is 1. The molecule has 0 saturated carbocycles. The van der Waals surface area contributed by atoms with E-state index in [2.05, 4.69) is 15.3 Å². The van der Waals surface area contributed by atoms with Crippen molar-refractivity contribution < 1.29 is 0 Å². The fourth-order valence-corrected chi connectivity index (χ4v) is 3.10. The highest BCUT2D eigenvalue weighted by Crippen LogP contribution is 2.31. The molecule has 0 aromatic carbocycles. The van der Waals surface area contributed by atoms with Crippen molar-refractivity contribution in [2.45, 2.75) is 0 Å². The van der Waals surface area contributed by atoms with Crippen LogP contribution in [-0.2, 0) is 0 Å². The van der Waals surface area contributed by atoms with Gasteiger partial charge in [0.2, 0.25) is 0 Å². The minimum atomic E-state index is 0.366. The van der Waals surface area contributed by atoms with Gasteiger partial charge in [0, 0.05) is 24.6 Å². The second-order valence-electron chi connectivity index (χ2n) is 2.96. The summed E-state index contributed by atoms with van der Waals surface area (Å²) in [7, 11) is 0. The van der Waals surface area contributed by atoms with Crippen LogP contribution in [0.1, 0.15) is 5.56 Å². The number of aromatic nitrogens is 1. The predicted octanol–water partition coefficient (Wildman–Crippen LogP) is 1.15. The second-order valence-corrected chi connectivity index (χ2v) is 4.94. The molecule has 4 nitrogen and oxygen atoms in total. The maximum atomic E-state index is 8.92. The molecule has 2 N–H and O–H groups in total. The topological polar surface area (TPSA) is 65.9 Å². The molecule has 6 heteroatoms. The lowest BCUT2D eigenvalue weighted by molar-refractivity contribution is 0.867. The molecule has 74 valence electrons. The molecule has 1 aliphatic rings. The average molecular weight is 226 g/mol. The average Bonchev–Trinajstić information content (AvgIpc) is 2.61. The summed E-state index contributed by atoms with van der Waals surface area (Å²) in [5.41, 5.74) is 6.15. The first-order chi connectivity index (χ1) is 6.83. The van der Waals surface area contributed by atoms with E-state index in [1.54, 1.807) is 0 Å². The summed E-state index contributed by atoms with van der Waals surface area (Å²) in [4.78, 5) is 2.20. The van der Waals surface area contributed by atoms with Crippen molar-refractivity contribution >= 4 is 34.1 Å². The van der Waals surface area contributed by atoms with Crippen molar-refractivity contribution in [1.82, 2.24) is 4.37 Å². The van der Waals surface area contributed by atoms with Crippen LogP contribution in [0.3, 0.4) is 0 Å². The second kappa shape index (κ2) is 4.07. The van der Waals surface area contributed by atoms with E-state index in [4.69, 9.17) is 11.0 Å². The van der Waals surface area contributed by atoms with Crippen molar-refractivity contribution in [2.24, 2.45) is 0 Å². The molecule has 1 fully saturated rings. The van der Waals surface area contributed by atoms with E-state index in [0.29, 0.717) is 11.4 Å². The number of nitriles is 1. The molecule has 0 unspecified atom stereocenters. The highest BCUT2D eigenvalue weighted by Gasteiger charge is 2.19. The number of nitrogen functional groups attached to an aromatic ring is 1. The third-order valence-electron chi connectivity index (χ3n) is 2.11. The van der Waals surface area contributed by atoms with Gasteiger partial charge in [0.15, 0.2) is 5.82 Å². The molecule has 1 aliphatic heterocycles. The van der Waals surface area contributed by atoms with Crippen LogP contribution in [-0.4, -0.2) is 29.0 Å². The van der Waals surface area contributed by atoms with Crippen molar-refractivity contribution in [1.29, 1.82) is 5.26 Å². The Balaban J connectivity index is 2.26. The maximum absolute atomic E-state index is 8.92. The van der Waals surface area contributed by atoms with E-state index < -0.39 is 0 Å². The minimum absolute atomic E-state index is 0.366. The van der Waals surface area contributed by atoms with Gasteiger partial charge in [-0.1, -0.05) is 0 Å². The van der Waals surface area contributed by atoms with Crippen LogP contribution in [0, 0.1) is 11.3 Å². The van der Waals surface area contributed by atoms with Crippen LogP contribution in [0.15, 0.2) is 0 Å². The number of thioether (sulfide) groups is 1. The lowest BCUT2D eigenvalue weighted by Gasteiger charge is -2.26. The molecule has 0 spiro atoms. The van der Waals surface area contributed by atoms with Gasteiger partial charge in [-0.3, -0.25) is 0 Å². The van der Waals surface area contributed by atoms with E-state index in [1.165, 1.54) is 11.5 Å². The third-order valence-corrected chi connectivity index (χ3v) is 3.98. The Bertz CT molecular complexity index is 362. The standard InChI is InChI=1S/C8H10N4S2/c9-5-6-7(10)11-14-8(6)12-1-3-13-4-2-12/h1-4H2,(H2,10,11). The first-order valence-electron chi connectivity index (χ1n) is 4.31. The highest BCUT2D eigenvalue weighted by atomic mass is 32.2. The van der Waals surface area contributed by atoms with Crippen molar-refractivity contribution in [3.8, 4) is 6.07 Å². The van der Waals surface area contributed by atoms with Crippen LogP contribution in [0.5, 0.6) is 0 Å². The molecular weight excluding hydrogens is 216 g/mol. The summed E-state index contributed by atoms with van der Waals surface area (Å²) in [5.74, 6) is 2.59. The van der Waals surface area contributed by atoms with E-state index in [9.17, 15) is 0 Å².